The van der Waals surface area contributed by atoms with Crippen molar-refractivity contribution in [2.24, 2.45) is 0 Å². The summed E-state index contributed by atoms with van der Waals surface area (Å²) in [4.78, 5) is 25.2. The zero-order valence-corrected chi connectivity index (χ0v) is 23.0. The highest BCUT2D eigenvalue weighted by molar-refractivity contribution is 7.10. The van der Waals surface area contributed by atoms with Crippen molar-refractivity contribution >= 4 is 33.8 Å². The maximum absolute atomic E-state index is 13.2. The lowest BCUT2D eigenvalue weighted by molar-refractivity contribution is 0.102. The average Bonchev–Trinajstić information content (AvgIpc) is 3.49. The molecular formula is C33H32N4OS. The van der Waals surface area contributed by atoms with Gasteiger partial charge in [-0.05, 0) is 61.7 Å². The Morgan fingerprint density at radius 2 is 1.69 bits per heavy atom. The Kier molecular flexibility index (Phi) is 7.48. The van der Waals surface area contributed by atoms with Crippen LogP contribution >= 0.6 is 11.3 Å². The molecule has 3 heterocycles. The van der Waals surface area contributed by atoms with Crippen molar-refractivity contribution in [2.75, 3.05) is 18.4 Å². The van der Waals surface area contributed by atoms with Gasteiger partial charge in [0.2, 0.25) is 0 Å². The number of para-hydroxylation sites is 2. The number of aryl methyl sites for hydroxylation is 1. The standard InChI is InChI=1S/C33H32N4OS/c1-2-23-11-13-24(14-12-23)28-8-4-6-10-30(28)35-32(38)31-22-39-33(36-31)26-17-19-37(20-18-26)21-27-16-15-25-7-3-5-9-29(25)34-27/h3-16,22,26H,2,17-21H2,1H3,(H,35,38). The van der Waals surface area contributed by atoms with Crippen LogP contribution in [0.1, 0.15) is 52.4 Å². The molecule has 5 aromatic rings. The molecule has 0 atom stereocenters. The van der Waals surface area contributed by atoms with Crippen LogP contribution in [0.5, 0.6) is 0 Å². The second kappa shape index (κ2) is 11.5. The predicted octanol–water partition coefficient (Wildman–Crippen LogP) is 7.55. The number of likely N-dealkylation sites (tertiary alicyclic amines) is 1. The number of anilines is 1. The van der Waals surface area contributed by atoms with Crippen molar-refractivity contribution in [2.45, 2.75) is 38.6 Å². The Morgan fingerprint density at radius 3 is 2.51 bits per heavy atom. The third-order valence-electron chi connectivity index (χ3n) is 7.58. The fraction of sp³-hybridized carbons (Fsp3) is 0.242. The van der Waals surface area contributed by atoms with E-state index in [0.717, 1.165) is 71.9 Å². The molecule has 6 heteroatoms. The van der Waals surface area contributed by atoms with Gasteiger partial charge in [-0.2, -0.15) is 0 Å². The summed E-state index contributed by atoms with van der Waals surface area (Å²) >= 11 is 1.60. The van der Waals surface area contributed by atoms with Gasteiger partial charge in [0.25, 0.3) is 5.91 Å². The number of fused-ring (bicyclic) bond motifs is 1. The lowest BCUT2D eigenvalue weighted by atomic mass is 9.97. The van der Waals surface area contributed by atoms with E-state index >= 15 is 0 Å². The highest BCUT2D eigenvalue weighted by atomic mass is 32.1. The third-order valence-corrected chi connectivity index (χ3v) is 8.59. The molecular weight excluding hydrogens is 500 g/mol. The maximum atomic E-state index is 13.2. The topological polar surface area (TPSA) is 58.1 Å². The predicted molar refractivity (Wildman–Crippen MR) is 160 cm³/mol. The van der Waals surface area contributed by atoms with E-state index < -0.39 is 0 Å². The Labute approximate surface area is 233 Å². The van der Waals surface area contributed by atoms with Gasteiger partial charge in [-0.3, -0.25) is 14.7 Å². The van der Waals surface area contributed by atoms with E-state index in [1.165, 1.54) is 10.9 Å². The van der Waals surface area contributed by atoms with Crippen LogP contribution in [0.2, 0.25) is 0 Å². The number of hydrogen-bond donors (Lipinski definition) is 1. The molecule has 0 unspecified atom stereocenters. The van der Waals surface area contributed by atoms with Crippen LogP contribution in [0.4, 0.5) is 5.69 Å². The van der Waals surface area contributed by atoms with Gasteiger partial charge in [0.15, 0.2) is 0 Å². The number of amides is 1. The molecule has 196 valence electrons. The highest BCUT2D eigenvalue weighted by Crippen LogP contribution is 2.32. The summed E-state index contributed by atoms with van der Waals surface area (Å²) in [6, 6.07) is 29.0. The SMILES string of the molecule is CCc1ccc(-c2ccccc2NC(=O)c2csc(C3CCN(Cc4ccc5ccccc5n4)CC3)n2)cc1. The van der Waals surface area contributed by atoms with Gasteiger partial charge in [0.1, 0.15) is 5.69 Å². The van der Waals surface area contributed by atoms with Crippen LogP contribution in [0.15, 0.2) is 90.3 Å². The number of aromatic nitrogens is 2. The van der Waals surface area contributed by atoms with Gasteiger partial charge in [0.05, 0.1) is 16.2 Å². The quantitative estimate of drug-likeness (QED) is 0.235. The largest absolute Gasteiger partial charge is 0.320 e. The molecule has 1 saturated heterocycles. The molecule has 1 aliphatic rings. The Morgan fingerprint density at radius 1 is 0.923 bits per heavy atom. The molecule has 5 nitrogen and oxygen atoms in total. The number of carbonyl (C=O) groups is 1. The lowest BCUT2D eigenvalue weighted by Gasteiger charge is -2.30. The molecule has 1 amide bonds. The first kappa shape index (κ1) is 25.4. The monoisotopic (exact) mass is 532 g/mol. The van der Waals surface area contributed by atoms with Gasteiger partial charge in [-0.1, -0.05) is 73.7 Å². The van der Waals surface area contributed by atoms with Crippen molar-refractivity contribution in [3.8, 4) is 11.1 Å². The molecule has 0 saturated carbocycles. The van der Waals surface area contributed by atoms with Crippen LogP contribution in [-0.2, 0) is 13.0 Å². The molecule has 3 aromatic carbocycles. The minimum absolute atomic E-state index is 0.157. The first-order valence-electron chi connectivity index (χ1n) is 13.7. The average molecular weight is 533 g/mol. The van der Waals surface area contributed by atoms with Gasteiger partial charge < -0.3 is 5.32 Å². The maximum Gasteiger partial charge on any atom is 0.275 e. The minimum Gasteiger partial charge on any atom is -0.320 e. The third kappa shape index (κ3) is 5.77. The van der Waals surface area contributed by atoms with Crippen LogP contribution in [-0.4, -0.2) is 33.9 Å². The number of hydrogen-bond acceptors (Lipinski definition) is 5. The molecule has 1 N–H and O–H groups in total. The van der Waals surface area contributed by atoms with E-state index in [0.29, 0.717) is 11.6 Å². The fourth-order valence-electron chi connectivity index (χ4n) is 5.29. The van der Waals surface area contributed by atoms with Crippen molar-refractivity contribution in [1.29, 1.82) is 0 Å². The second-order valence-electron chi connectivity index (χ2n) is 10.2. The number of thiazole rings is 1. The smallest absolute Gasteiger partial charge is 0.275 e. The number of piperidine rings is 1. The second-order valence-corrected chi connectivity index (χ2v) is 11.1. The molecule has 1 fully saturated rings. The summed E-state index contributed by atoms with van der Waals surface area (Å²) in [6.07, 6.45) is 3.09. The molecule has 0 aliphatic carbocycles. The van der Waals surface area contributed by atoms with E-state index in [-0.39, 0.29) is 5.91 Å². The van der Waals surface area contributed by atoms with Crippen LogP contribution < -0.4 is 5.32 Å². The summed E-state index contributed by atoms with van der Waals surface area (Å²) in [6.45, 7) is 5.02. The van der Waals surface area contributed by atoms with Crippen LogP contribution in [0.3, 0.4) is 0 Å². The van der Waals surface area contributed by atoms with E-state index in [4.69, 9.17) is 9.97 Å². The summed E-state index contributed by atoms with van der Waals surface area (Å²) in [7, 11) is 0. The first-order chi connectivity index (χ1) is 19.2. The van der Waals surface area contributed by atoms with Crippen LogP contribution in [0, 0.1) is 0 Å². The zero-order chi connectivity index (χ0) is 26.6. The van der Waals surface area contributed by atoms with Gasteiger partial charge >= 0.3 is 0 Å². The number of carbonyl (C=O) groups excluding carboxylic acids is 1. The Hall–Kier alpha value is -3.87. The summed E-state index contributed by atoms with van der Waals surface area (Å²) in [5.74, 6) is 0.233. The molecule has 6 rings (SSSR count). The molecule has 1 aliphatic heterocycles. The van der Waals surface area contributed by atoms with Gasteiger partial charge in [0, 0.05) is 34.5 Å². The lowest BCUT2D eigenvalue weighted by Crippen LogP contribution is -2.32. The molecule has 2 aromatic heterocycles. The molecule has 0 spiro atoms. The molecule has 0 bridgehead atoms. The number of rotatable bonds is 7. The number of pyridine rings is 1. The fourth-order valence-corrected chi connectivity index (χ4v) is 6.26. The van der Waals surface area contributed by atoms with E-state index in [1.807, 2.05) is 41.8 Å². The van der Waals surface area contributed by atoms with Crippen LogP contribution in [0.25, 0.3) is 22.0 Å². The normalized spacial score (nSPS) is 14.5. The number of nitrogens with zero attached hydrogens (tertiary/aromatic N) is 3. The zero-order valence-electron chi connectivity index (χ0n) is 22.1. The van der Waals surface area contributed by atoms with E-state index in [9.17, 15) is 4.79 Å². The summed E-state index contributed by atoms with van der Waals surface area (Å²) < 4.78 is 0. The Bertz CT molecular complexity index is 1590. The van der Waals surface area contributed by atoms with Gasteiger partial charge in [-0.15, -0.1) is 11.3 Å². The minimum atomic E-state index is -0.157. The van der Waals surface area contributed by atoms with E-state index in [2.05, 4.69) is 65.7 Å². The van der Waals surface area contributed by atoms with Gasteiger partial charge in [-0.25, -0.2) is 4.98 Å². The first-order valence-corrected chi connectivity index (χ1v) is 14.6. The van der Waals surface area contributed by atoms with Crippen molar-refractivity contribution in [3.63, 3.8) is 0 Å². The number of benzene rings is 3. The Balaban J connectivity index is 1.07. The number of nitrogens with one attached hydrogen (secondary N) is 1. The highest BCUT2D eigenvalue weighted by Gasteiger charge is 2.24. The molecule has 0 radical (unpaired) electrons. The van der Waals surface area contributed by atoms with Crippen molar-refractivity contribution < 1.29 is 4.79 Å². The summed E-state index contributed by atoms with van der Waals surface area (Å²) in [5.41, 5.74) is 6.86. The van der Waals surface area contributed by atoms with Crippen molar-refractivity contribution in [3.05, 3.63) is 112 Å². The van der Waals surface area contributed by atoms with E-state index in [1.54, 1.807) is 11.3 Å². The molecule has 39 heavy (non-hydrogen) atoms. The summed E-state index contributed by atoms with van der Waals surface area (Å²) in [5, 5.41) is 7.25. The van der Waals surface area contributed by atoms with Crippen molar-refractivity contribution in [1.82, 2.24) is 14.9 Å².